The summed E-state index contributed by atoms with van der Waals surface area (Å²) in [5, 5.41) is 3.35. The van der Waals surface area contributed by atoms with Crippen LogP contribution in [0.25, 0.3) is 0 Å². The zero-order valence-corrected chi connectivity index (χ0v) is 16.6. The van der Waals surface area contributed by atoms with Gasteiger partial charge >= 0.3 is 0 Å². The van der Waals surface area contributed by atoms with E-state index in [0.29, 0.717) is 43.3 Å². The maximum atomic E-state index is 12.5. The molecule has 1 saturated heterocycles. The summed E-state index contributed by atoms with van der Waals surface area (Å²) < 4.78 is 5.21. The lowest BCUT2D eigenvalue weighted by atomic mass is 10.1. The highest BCUT2D eigenvalue weighted by Crippen LogP contribution is 2.20. The molecule has 0 unspecified atom stereocenters. The van der Waals surface area contributed by atoms with Gasteiger partial charge in [-0.3, -0.25) is 14.5 Å². The molecule has 0 saturated carbocycles. The molecule has 2 aromatic rings. The first-order valence-electron chi connectivity index (χ1n) is 9.22. The average Bonchev–Trinajstić information content (AvgIpc) is 2.70. The summed E-state index contributed by atoms with van der Waals surface area (Å²) in [4.78, 5) is 28.7. The topological polar surface area (TPSA) is 61.9 Å². The Kier molecular flexibility index (Phi) is 6.90. The molecule has 2 aromatic carbocycles. The average molecular weight is 402 g/mol. The van der Waals surface area contributed by atoms with Gasteiger partial charge < -0.3 is 15.0 Å². The molecular formula is C21H24ClN3O3. The van der Waals surface area contributed by atoms with Crippen molar-refractivity contribution >= 4 is 29.1 Å². The number of para-hydroxylation sites is 1. The van der Waals surface area contributed by atoms with E-state index in [-0.39, 0.29) is 18.4 Å². The number of halogens is 1. The molecule has 1 fully saturated rings. The molecule has 2 amide bonds. The fraction of sp³-hybridized carbons (Fsp3) is 0.333. The van der Waals surface area contributed by atoms with Gasteiger partial charge in [-0.2, -0.15) is 0 Å². The van der Waals surface area contributed by atoms with Gasteiger partial charge in [0.15, 0.2) is 0 Å². The quantitative estimate of drug-likeness (QED) is 0.808. The van der Waals surface area contributed by atoms with Gasteiger partial charge in [0.05, 0.1) is 30.8 Å². The molecule has 0 aromatic heterocycles. The molecule has 1 N–H and O–H groups in total. The number of amides is 2. The van der Waals surface area contributed by atoms with Gasteiger partial charge in [0.2, 0.25) is 11.8 Å². The summed E-state index contributed by atoms with van der Waals surface area (Å²) in [7, 11) is 1.61. The number of carbonyl (C=O) groups excluding carboxylic acids is 2. The van der Waals surface area contributed by atoms with Gasteiger partial charge in [0.1, 0.15) is 5.75 Å². The van der Waals surface area contributed by atoms with Crippen LogP contribution in [0.15, 0.2) is 48.5 Å². The Morgan fingerprint density at radius 2 is 1.82 bits per heavy atom. The molecule has 28 heavy (non-hydrogen) atoms. The molecule has 3 rings (SSSR count). The number of carbonyl (C=O) groups is 2. The molecule has 6 nitrogen and oxygen atoms in total. The van der Waals surface area contributed by atoms with Crippen LogP contribution >= 0.6 is 11.6 Å². The van der Waals surface area contributed by atoms with Crippen molar-refractivity contribution in [1.82, 2.24) is 9.80 Å². The Morgan fingerprint density at radius 1 is 1.07 bits per heavy atom. The summed E-state index contributed by atoms with van der Waals surface area (Å²) in [6, 6.07) is 14.7. The minimum atomic E-state index is -0.107. The van der Waals surface area contributed by atoms with E-state index < -0.39 is 0 Å². The molecule has 0 atom stereocenters. The van der Waals surface area contributed by atoms with E-state index in [4.69, 9.17) is 16.3 Å². The van der Waals surface area contributed by atoms with Crippen LogP contribution in [0.5, 0.6) is 5.75 Å². The van der Waals surface area contributed by atoms with Gasteiger partial charge in [-0.25, -0.2) is 0 Å². The minimum Gasteiger partial charge on any atom is -0.497 e. The predicted molar refractivity (Wildman–Crippen MR) is 110 cm³/mol. The number of hydrogen-bond donors (Lipinski definition) is 1. The minimum absolute atomic E-state index is 0.0911. The van der Waals surface area contributed by atoms with Crippen LogP contribution < -0.4 is 10.1 Å². The normalized spacial score (nSPS) is 14.6. The van der Waals surface area contributed by atoms with Crippen molar-refractivity contribution in [2.24, 2.45) is 0 Å². The monoisotopic (exact) mass is 401 g/mol. The first kappa shape index (κ1) is 20.2. The fourth-order valence-electron chi connectivity index (χ4n) is 3.18. The van der Waals surface area contributed by atoms with E-state index in [1.165, 1.54) is 0 Å². The number of nitrogens with zero attached hydrogens (tertiary/aromatic N) is 2. The zero-order valence-electron chi connectivity index (χ0n) is 15.9. The maximum absolute atomic E-state index is 12.5. The maximum Gasteiger partial charge on any atom is 0.238 e. The van der Waals surface area contributed by atoms with Crippen LogP contribution in [0.3, 0.4) is 0 Å². The van der Waals surface area contributed by atoms with Crippen molar-refractivity contribution in [2.75, 3.05) is 45.2 Å². The van der Waals surface area contributed by atoms with Crippen molar-refractivity contribution in [2.45, 2.75) is 6.42 Å². The van der Waals surface area contributed by atoms with Gasteiger partial charge in [0, 0.05) is 26.2 Å². The van der Waals surface area contributed by atoms with Crippen LogP contribution in [0.4, 0.5) is 5.69 Å². The van der Waals surface area contributed by atoms with Gasteiger partial charge in [-0.15, -0.1) is 0 Å². The van der Waals surface area contributed by atoms with Crippen LogP contribution in [0, 0.1) is 0 Å². The zero-order chi connectivity index (χ0) is 19.9. The molecule has 1 aliphatic rings. The van der Waals surface area contributed by atoms with Crippen LogP contribution in [0.1, 0.15) is 5.56 Å². The highest BCUT2D eigenvalue weighted by atomic mass is 35.5. The second kappa shape index (κ2) is 9.57. The number of ether oxygens (including phenoxy) is 1. The second-order valence-corrected chi connectivity index (χ2v) is 7.12. The van der Waals surface area contributed by atoms with Crippen molar-refractivity contribution in [3.05, 3.63) is 59.1 Å². The Labute approximate surface area is 170 Å². The second-order valence-electron chi connectivity index (χ2n) is 6.71. The number of benzene rings is 2. The van der Waals surface area contributed by atoms with E-state index in [0.717, 1.165) is 11.3 Å². The Hall–Kier alpha value is -2.57. The molecule has 148 valence electrons. The summed E-state index contributed by atoms with van der Waals surface area (Å²) in [6.07, 6.45) is 0.351. The van der Waals surface area contributed by atoms with E-state index in [2.05, 4.69) is 5.32 Å². The molecule has 0 bridgehead atoms. The standard InChI is InChI=1S/C21H24ClN3O3/c1-28-17-6-4-5-16(13-17)14-21(27)25-11-9-24(10-12-25)15-20(26)23-19-8-3-2-7-18(19)22/h2-8,13H,9-12,14-15H2,1H3,(H,23,26). The Balaban J connectivity index is 1.45. The Morgan fingerprint density at radius 3 is 2.54 bits per heavy atom. The van der Waals surface area contributed by atoms with Crippen molar-refractivity contribution in [3.8, 4) is 5.75 Å². The fourth-order valence-corrected chi connectivity index (χ4v) is 3.36. The van der Waals surface area contributed by atoms with Crippen molar-refractivity contribution < 1.29 is 14.3 Å². The molecular weight excluding hydrogens is 378 g/mol. The number of anilines is 1. The third kappa shape index (κ3) is 5.47. The van der Waals surface area contributed by atoms with E-state index in [1.54, 1.807) is 19.2 Å². The molecule has 1 heterocycles. The van der Waals surface area contributed by atoms with Gasteiger partial charge in [-0.05, 0) is 29.8 Å². The number of piperazine rings is 1. The van der Waals surface area contributed by atoms with Crippen LogP contribution in [-0.2, 0) is 16.0 Å². The SMILES string of the molecule is COc1cccc(CC(=O)N2CCN(CC(=O)Nc3ccccc3Cl)CC2)c1. The van der Waals surface area contributed by atoms with Crippen LogP contribution in [0.2, 0.25) is 5.02 Å². The predicted octanol–water partition coefficient (Wildman–Crippen LogP) is 2.67. The van der Waals surface area contributed by atoms with Gasteiger partial charge in [0.25, 0.3) is 0 Å². The van der Waals surface area contributed by atoms with Crippen molar-refractivity contribution in [1.29, 1.82) is 0 Å². The highest BCUT2D eigenvalue weighted by molar-refractivity contribution is 6.33. The molecule has 0 spiro atoms. The lowest BCUT2D eigenvalue weighted by molar-refractivity contribution is -0.132. The number of hydrogen-bond acceptors (Lipinski definition) is 4. The summed E-state index contributed by atoms with van der Waals surface area (Å²) in [6.45, 7) is 2.84. The third-order valence-corrected chi connectivity index (χ3v) is 5.06. The summed E-state index contributed by atoms with van der Waals surface area (Å²) in [5.74, 6) is 0.734. The smallest absolute Gasteiger partial charge is 0.238 e. The summed E-state index contributed by atoms with van der Waals surface area (Å²) >= 11 is 6.07. The molecule has 7 heteroatoms. The Bertz CT molecular complexity index is 835. The van der Waals surface area contributed by atoms with E-state index in [9.17, 15) is 9.59 Å². The molecule has 0 radical (unpaired) electrons. The number of nitrogens with one attached hydrogen (secondary N) is 1. The number of methoxy groups -OCH3 is 1. The van der Waals surface area contributed by atoms with Crippen LogP contribution in [-0.4, -0.2) is 61.4 Å². The first-order valence-corrected chi connectivity index (χ1v) is 9.60. The highest BCUT2D eigenvalue weighted by Gasteiger charge is 2.22. The lowest BCUT2D eigenvalue weighted by Gasteiger charge is -2.34. The third-order valence-electron chi connectivity index (χ3n) is 4.73. The lowest BCUT2D eigenvalue weighted by Crippen LogP contribution is -2.50. The molecule has 1 aliphatic heterocycles. The van der Waals surface area contributed by atoms with E-state index >= 15 is 0 Å². The summed E-state index contributed by atoms with van der Waals surface area (Å²) in [5.41, 5.74) is 1.55. The molecule has 0 aliphatic carbocycles. The van der Waals surface area contributed by atoms with Gasteiger partial charge in [-0.1, -0.05) is 35.9 Å². The first-order chi connectivity index (χ1) is 13.5. The van der Waals surface area contributed by atoms with Crippen molar-refractivity contribution in [3.63, 3.8) is 0 Å². The largest absolute Gasteiger partial charge is 0.497 e. The van der Waals surface area contributed by atoms with E-state index in [1.807, 2.05) is 46.2 Å². The number of rotatable bonds is 6.